The Bertz CT molecular complexity index is 511. The zero-order valence-electron chi connectivity index (χ0n) is 14.4. The van der Waals surface area contributed by atoms with E-state index < -0.39 is 0 Å². The summed E-state index contributed by atoms with van der Waals surface area (Å²) in [6, 6.07) is 5.79. The minimum absolute atomic E-state index is 0.0341. The van der Waals surface area contributed by atoms with Crippen LogP contribution in [0.1, 0.15) is 44.2 Å². The highest BCUT2D eigenvalue weighted by Crippen LogP contribution is 2.29. The van der Waals surface area contributed by atoms with Crippen LogP contribution in [0.5, 0.6) is 11.5 Å². The molecule has 1 aromatic carbocycles. The fourth-order valence-corrected chi connectivity index (χ4v) is 2.96. The lowest BCUT2D eigenvalue weighted by atomic mass is 10.1. The number of nitrogens with zero attached hydrogens (tertiary/aromatic N) is 1. The van der Waals surface area contributed by atoms with Crippen molar-refractivity contribution in [3.05, 3.63) is 23.8 Å². The SMILES string of the molecule is COc1ccc([C@@H](C)NCC(=O)N2CCCCCC2)c(OC)c1. The third-order valence-electron chi connectivity index (χ3n) is 4.43. The van der Waals surface area contributed by atoms with Gasteiger partial charge in [0.05, 0.1) is 20.8 Å². The van der Waals surface area contributed by atoms with Gasteiger partial charge >= 0.3 is 0 Å². The summed E-state index contributed by atoms with van der Waals surface area (Å²) < 4.78 is 10.7. The Hall–Kier alpha value is -1.75. The fraction of sp³-hybridized carbons (Fsp3) is 0.611. The molecule has 0 unspecified atom stereocenters. The van der Waals surface area contributed by atoms with Crippen molar-refractivity contribution >= 4 is 5.91 Å². The van der Waals surface area contributed by atoms with Gasteiger partial charge in [-0.1, -0.05) is 18.9 Å². The van der Waals surface area contributed by atoms with E-state index in [9.17, 15) is 4.79 Å². The van der Waals surface area contributed by atoms with Crippen molar-refractivity contribution in [1.82, 2.24) is 10.2 Å². The summed E-state index contributed by atoms with van der Waals surface area (Å²) in [6.45, 7) is 4.18. The molecule has 1 atom stereocenters. The molecule has 1 saturated heterocycles. The third-order valence-corrected chi connectivity index (χ3v) is 4.43. The first-order chi connectivity index (χ1) is 11.2. The minimum atomic E-state index is 0.0341. The van der Waals surface area contributed by atoms with Crippen LogP contribution in [0, 0.1) is 0 Å². The second-order valence-electron chi connectivity index (χ2n) is 6.01. The van der Waals surface area contributed by atoms with Gasteiger partial charge in [-0.25, -0.2) is 0 Å². The van der Waals surface area contributed by atoms with E-state index in [1.54, 1.807) is 14.2 Å². The number of ether oxygens (including phenoxy) is 2. The lowest BCUT2D eigenvalue weighted by Crippen LogP contribution is -2.39. The first-order valence-corrected chi connectivity index (χ1v) is 8.38. The molecular weight excluding hydrogens is 292 g/mol. The number of hydrogen-bond acceptors (Lipinski definition) is 4. The lowest BCUT2D eigenvalue weighted by Gasteiger charge is -2.23. The molecule has 5 nitrogen and oxygen atoms in total. The van der Waals surface area contributed by atoms with E-state index in [0.29, 0.717) is 6.54 Å². The molecule has 1 amide bonds. The average Bonchev–Trinajstić information content (AvgIpc) is 2.88. The van der Waals surface area contributed by atoms with Crippen molar-refractivity contribution in [1.29, 1.82) is 0 Å². The summed E-state index contributed by atoms with van der Waals surface area (Å²) in [5.41, 5.74) is 1.02. The molecular formula is C18H28N2O3. The molecule has 0 radical (unpaired) electrons. The van der Waals surface area contributed by atoms with E-state index in [4.69, 9.17) is 9.47 Å². The molecule has 0 spiro atoms. The number of likely N-dealkylation sites (tertiary alicyclic amines) is 1. The summed E-state index contributed by atoms with van der Waals surface area (Å²) in [6.07, 6.45) is 4.70. The van der Waals surface area contributed by atoms with Crippen molar-refractivity contribution in [2.24, 2.45) is 0 Å². The van der Waals surface area contributed by atoms with E-state index in [0.717, 1.165) is 43.0 Å². The van der Waals surface area contributed by atoms with Crippen molar-refractivity contribution in [3.63, 3.8) is 0 Å². The fourth-order valence-electron chi connectivity index (χ4n) is 2.96. The molecule has 1 aliphatic heterocycles. The first kappa shape index (κ1) is 17.6. The van der Waals surface area contributed by atoms with Gasteiger partial charge < -0.3 is 19.7 Å². The van der Waals surface area contributed by atoms with Crippen LogP contribution >= 0.6 is 0 Å². The lowest BCUT2D eigenvalue weighted by molar-refractivity contribution is -0.130. The third kappa shape index (κ3) is 4.86. The van der Waals surface area contributed by atoms with Gasteiger partial charge in [-0.2, -0.15) is 0 Å². The van der Waals surface area contributed by atoms with E-state index in [2.05, 4.69) is 5.32 Å². The van der Waals surface area contributed by atoms with Crippen LogP contribution in [0.2, 0.25) is 0 Å². The van der Waals surface area contributed by atoms with E-state index in [1.165, 1.54) is 12.8 Å². The molecule has 23 heavy (non-hydrogen) atoms. The van der Waals surface area contributed by atoms with Gasteiger partial charge in [-0.15, -0.1) is 0 Å². The zero-order valence-corrected chi connectivity index (χ0v) is 14.4. The quantitative estimate of drug-likeness (QED) is 0.875. The number of carbonyl (C=O) groups is 1. The Morgan fingerprint density at radius 3 is 2.48 bits per heavy atom. The molecule has 1 fully saturated rings. The van der Waals surface area contributed by atoms with Gasteiger partial charge in [0.25, 0.3) is 0 Å². The Labute approximate surface area is 139 Å². The molecule has 1 aliphatic rings. The maximum atomic E-state index is 12.4. The van der Waals surface area contributed by atoms with Gasteiger partial charge in [0.1, 0.15) is 11.5 Å². The van der Waals surface area contributed by atoms with Crippen LogP contribution < -0.4 is 14.8 Å². The Morgan fingerprint density at radius 2 is 1.87 bits per heavy atom. The normalized spacial score (nSPS) is 16.6. The van der Waals surface area contributed by atoms with Crippen molar-refractivity contribution in [2.75, 3.05) is 33.9 Å². The van der Waals surface area contributed by atoms with Gasteiger partial charge in [-0.3, -0.25) is 4.79 Å². The number of rotatable bonds is 6. The molecule has 5 heteroatoms. The molecule has 0 bridgehead atoms. The summed E-state index contributed by atoms with van der Waals surface area (Å²) in [7, 11) is 3.28. The van der Waals surface area contributed by atoms with Crippen LogP contribution in [0.3, 0.4) is 0 Å². The molecule has 2 rings (SSSR count). The molecule has 0 aliphatic carbocycles. The molecule has 1 N–H and O–H groups in total. The van der Waals surface area contributed by atoms with Gasteiger partial charge in [0, 0.05) is 30.8 Å². The summed E-state index contributed by atoms with van der Waals surface area (Å²) in [4.78, 5) is 14.3. The highest BCUT2D eigenvalue weighted by molar-refractivity contribution is 5.78. The zero-order chi connectivity index (χ0) is 16.7. The average molecular weight is 320 g/mol. The van der Waals surface area contributed by atoms with E-state index >= 15 is 0 Å². The van der Waals surface area contributed by atoms with Gasteiger partial charge in [-0.05, 0) is 25.8 Å². The van der Waals surface area contributed by atoms with Crippen molar-refractivity contribution < 1.29 is 14.3 Å². The van der Waals surface area contributed by atoms with Crippen LogP contribution in [0.4, 0.5) is 0 Å². The van der Waals surface area contributed by atoms with Crippen LogP contribution in [0.25, 0.3) is 0 Å². The predicted octanol–water partition coefficient (Wildman–Crippen LogP) is 2.76. The van der Waals surface area contributed by atoms with E-state index in [-0.39, 0.29) is 11.9 Å². The predicted molar refractivity (Wildman–Crippen MR) is 91.0 cm³/mol. The number of nitrogens with one attached hydrogen (secondary N) is 1. The maximum absolute atomic E-state index is 12.4. The monoisotopic (exact) mass is 320 g/mol. The molecule has 128 valence electrons. The smallest absolute Gasteiger partial charge is 0.236 e. The first-order valence-electron chi connectivity index (χ1n) is 8.38. The molecule has 1 heterocycles. The second-order valence-corrected chi connectivity index (χ2v) is 6.01. The number of methoxy groups -OCH3 is 2. The topological polar surface area (TPSA) is 50.8 Å². The van der Waals surface area contributed by atoms with Crippen molar-refractivity contribution in [2.45, 2.75) is 38.6 Å². The highest BCUT2D eigenvalue weighted by atomic mass is 16.5. The Morgan fingerprint density at radius 1 is 1.17 bits per heavy atom. The van der Waals surface area contributed by atoms with Crippen LogP contribution in [0.15, 0.2) is 18.2 Å². The number of benzene rings is 1. The standard InChI is InChI=1S/C18H28N2O3/c1-14(16-9-8-15(22-2)12-17(16)23-3)19-13-18(21)20-10-6-4-5-7-11-20/h8-9,12,14,19H,4-7,10-11,13H2,1-3H3/t14-/m1/s1. The number of amides is 1. The second kappa shape index (κ2) is 8.77. The summed E-state index contributed by atoms with van der Waals surface area (Å²) in [5, 5.41) is 3.32. The van der Waals surface area contributed by atoms with E-state index in [1.807, 2.05) is 30.0 Å². The van der Waals surface area contributed by atoms with Crippen LogP contribution in [-0.4, -0.2) is 44.7 Å². The summed E-state index contributed by atoms with van der Waals surface area (Å²) >= 11 is 0. The van der Waals surface area contributed by atoms with Gasteiger partial charge in [0.2, 0.25) is 5.91 Å². The molecule has 0 saturated carbocycles. The molecule has 0 aromatic heterocycles. The van der Waals surface area contributed by atoms with Crippen LogP contribution in [-0.2, 0) is 4.79 Å². The maximum Gasteiger partial charge on any atom is 0.236 e. The Kier molecular flexibility index (Phi) is 6.71. The molecule has 1 aromatic rings. The largest absolute Gasteiger partial charge is 0.497 e. The number of hydrogen-bond donors (Lipinski definition) is 1. The highest BCUT2D eigenvalue weighted by Gasteiger charge is 2.18. The van der Waals surface area contributed by atoms with Gasteiger partial charge in [0.15, 0.2) is 0 Å². The van der Waals surface area contributed by atoms with Crippen molar-refractivity contribution in [3.8, 4) is 11.5 Å². The Balaban J connectivity index is 1.93. The number of carbonyl (C=O) groups excluding carboxylic acids is 1. The summed E-state index contributed by atoms with van der Waals surface area (Å²) in [5.74, 6) is 1.72. The minimum Gasteiger partial charge on any atom is -0.497 e.